The van der Waals surface area contributed by atoms with Crippen molar-refractivity contribution in [1.29, 1.82) is 0 Å². The van der Waals surface area contributed by atoms with E-state index in [4.69, 9.17) is 16.7 Å². The molecule has 1 N–H and O–H groups in total. The van der Waals surface area contributed by atoms with Gasteiger partial charge in [0.15, 0.2) is 9.84 Å². The summed E-state index contributed by atoms with van der Waals surface area (Å²) in [6, 6.07) is 6.44. The Hall–Kier alpha value is -1.11. The monoisotopic (exact) mass is 331 g/mol. The molecule has 0 aliphatic heterocycles. The molecular weight excluding hydrogens is 314 g/mol. The summed E-state index contributed by atoms with van der Waals surface area (Å²) in [5, 5.41) is 9.23. The SMILES string of the molecule is O=C(O)CCN(CCS(=O)(=O)c1ccc(Cl)cc1)C1CC1. The molecule has 1 saturated carbocycles. The quantitative estimate of drug-likeness (QED) is 0.789. The fourth-order valence-corrected chi connectivity index (χ4v) is 3.54. The van der Waals surface area contributed by atoms with Crippen LogP contribution in [-0.2, 0) is 14.6 Å². The maximum atomic E-state index is 12.2. The topological polar surface area (TPSA) is 74.7 Å². The fraction of sp³-hybridized carbons (Fsp3) is 0.500. The van der Waals surface area contributed by atoms with E-state index in [9.17, 15) is 13.2 Å². The Morgan fingerprint density at radius 1 is 1.24 bits per heavy atom. The summed E-state index contributed by atoms with van der Waals surface area (Å²) >= 11 is 5.75. The van der Waals surface area contributed by atoms with E-state index >= 15 is 0 Å². The fourth-order valence-electron chi connectivity index (χ4n) is 2.15. The molecule has 5 nitrogen and oxygen atoms in total. The van der Waals surface area contributed by atoms with Crippen molar-refractivity contribution in [1.82, 2.24) is 4.90 Å². The van der Waals surface area contributed by atoms with Gasteiger partial charge in [0.2, 0.25) is 0 Å². The summed E-state index contributed by atoms with van der Waals surface area (Å²) in [5.41, 5.74) is 0. The van der Waals surface area contributed by atoms with Gasteiger partial charge in [0.05, 0.1) is 17.1 Å². The molecule has 0 atom stereocenters. The second kappa shape index (κ2) is 6.77. The third-order valence-electron chi connectivity index (χ3n) is 3.50. The standard InChI is InChI=1S/C14H18ClNO4S/c15-11-1-5-13(6-2-11)21(19,20)10-9-16(12-3-4-12)8-7-14(17)18/h1-2,5-6,12H,3-4,7-10H2,(H,17,18). The minimum atomic E-state index is -3.36. The number of aliphatic carboxylic acids is 1. The molecule has 0 bridgehead atoms. The van der Waals surface area contributed by atoms with Gasteiger partial charge in [0, 0.05) is 24.2 Å². The van der Waals surface area contributed by atoms with Crippen LogP contribution in [0, 0.1) is 0 Å². The van der Waals surface area contributed by atoms with Crippen LogP contribution in [0.1, 0.15) is 19.3 Å². The van der Waals surface area contributed by atoms with Gasteiger partial charge < -0.3 is 5.11 Å². The molecule has 1 fully saturated rings. The Morgan fingerprint density at radius 2 is 1.86 bits per heavy atom. The Bertz CT molecular complexity index is 596. The van der Waals surface area contributed by atoms with Gasteiger partial charge in [-0.3, -0.25) is 9.69 Å². The van der Waals surface area contributed by atoms with Gasteiger partial charge in [-0.15, -0.1) is 0 Å². The van der Waals surface area contributed by atoms with E-state index in [1.54, 1.807) is 12.1 Å². The molecule has 1 aromatic rings. The van der Waals surface area contributed by atoms with E-state index in [-0.39, 0.29) is 17.1 Å². The second-order valence-electron chi connectivity index (χ2n) is 5.18. The zero-order valence-electron chi connectivity index (χ0n) is 11.5. The molecule has 0 spiro atoms. The summed E-state index contributed by atoms with van der Waals surface area (Å²) in [6.07, 6.45) is 2.07. The zero-order valence-corrected chi connectivity index (χ0v) is 13.1. The number of carboxylic acids is 1. The lowest BCUT2D eigenvalue weighted by Gasteiger charge is -2.20. The predicted molar refractivity (Wildman–Crippen MR) is 80.4 cm³/mol. The molecule has 2 rings (SSSR count). The summed E-state index contributed by atoms with van der Waals surface area (Å²) in [5.74, 6) is -0.869. The molecule has 0 aromatic heterocycles. The number of carboxylic acid groups (broad SMARTS) is 1. The highest BCUT2D eigenvalue weighted by Gasteiger charge is 2.30. The van der Waals surface area contributed by atoms with E-state index < -0.39 is 15.8 Å². The van der Waals surface area contributed by atoms with E-state index in [1.165, 1.54) is 12.1 Å². The van der Waals surface area contributed by atoms with Gasteiger partial charge in [-0.2, -0.15) is 0 Å². The lowest BCUT2D eigenvalue weighted by molar-refractivity contribution is -0.137. The maximum absolute atomic E-state index is 12.2. The van der Waals surface area contributed by atoms with Crippen molar-refractivity contribution >= 4 is 27.4 Å². The molecule has 7 heteroatoms. The normalized spacial score (nSPS) is 15.3. The van der Waals surface area contributed by atoms with E-state index in [2.05, 4.69) is 0 Å². The first kappa shape index (κ1) is 16.3. The lowest BCUT2D eigenvalue weighted by atomic mass is 10.3. The molecule has 1 aromatic carbocycles. The van der Waals surface area contributed by atoms with Gasteiger partial charge >= 0.3 is 5.97 Å². The van der Waals surface area contributed by atoms with Gasteiger partial charge in [-0.05, 0) is 37.1 Å². The Kier molecular flexibility index (Phi) is 5.24. The highest BCUT2D eigenvalue weighted by Crippen LogP contribution is 2.27. The smallest absolute Gasteiger partial charge is 0.304 e. The minimum Gasteiger partial charge on any atom is -0.481 e. The Labute approximate surface area is 129 Å². The van der Waals surface area contributed by atoms with Crippen LogP contribution in [0.25, 0.3) is 0 Å². The van der Waals surface area contributed by atoms with Crippen molar-refractivity contribution in [2.75, 3.05) is 18.8 Å². The van der Waals surface area contributed by atoms with Gasteiger partial charge in [0.25, 0.3) is 0 Å². The molecule has 0 amide bonds. The summed E-state index contributed by atoms with van der Waals surface area (Å²) < 4.78 is 24.5. The van der Waals surface area contributed by atoms with E-state index in [1.807, 2.05) is 4.90 Å². The van der Waals surface area contributed by atoms with Crippen LogP contribution in [-0.4, -0.2) is 49.3 Å². The molecule has 1 aliphatic rings. The summed E-state index contributed by atoms with van der Waals surface area (Å²) in [4.78, 5) is 12.9. The summed E-state index contributed by atoms with van der Waals surface area (Å²) in [6.45, 7) is 0.763. The van der Waals surface area contributed by atoms with Crippen LogP contribution in [0.2, 0.25) is 5.02 Å². The molecule has 116 valence electrons. The number of nitrogens with zero attached hydrogens (tertiary/aromatic N) is 1. The highest BCUT2D eigenvalue weighted by atomic mass is 35.5. The van der Waals surface area contributed by atoms with Crippen molar-refractivity contribution < 1.29 is 18.3 Å². The Morgan fingerprint density at radius 3 is 2.38 bits per heavy atom. The van der Waals surface area contributed by atoms with Gasteiger partial charge in [-0.25, -0.2) is 8.42 Å². The minimum absolute atomic E-state index is 0.00918. The Balaban J connectivity index is 1.95. The van der Waals surface area contributed by atoms with Crippen molar-refractivity contribution in [2.24, 2.45) is 0 Å². The average Bonchev–Trinajstić information content (AvgIpc) is 3.23. The van der Waals surface area contributed by atoms with Crippen molar-refractivity contribution in [3.05, 3.63) is 29.3 Å². The average molecular weight is 332 g/mol. The first-order valence-electron chi connectivity index (χ1n) is 6.82. The number of benzene rings is 1. The lowest BCUT2D eigenvalue weighted by Crippen LogP contribution is -2.33. The number of rotatable bonds is 8. The second-order valence-corrected chi connectivity index (χ2v) is 7.73. The van der Waals surface area contributed by atoms with E-state index in [0.717, 1.165) is 12.8 Å². The largest absolute Gasteiger partial charge is 0.481 e. The molecule has 0 heterocycles. The molecule has 0 radical (unpaired) electrons. The third-order valence-corrected chi connectivity index (χ3v) is 5.46. The predicted octanol–water partition coefficient (Wildman–Crippen LogP) is 2.05. The summed E-state index contributed by atoms with van der Waals surface area (Å²) in [7, 11) is -3.36. The van der Waals surface area contributed by atoms with Crippen LogP contribution in [0.3, 0.4) is 0 Å². The number of sulfone groups is 1. The number of halogens is 1. The first-order valence-corrected chi connectivity index (χ1v) is 8.86. The molecule has 1 aliphatic carbocycles. The van der Waals surface area contributed by atoms with Crippen LogP contribution in [0.4, 0.5) is 0 Å². The van der Waals surface area contributed by atoms with Crippen molar-refractivity contribution in [3.8, 4) is 0 Å². The zero-order chi connectivity index (χ0) is 15.5. The molecular formula is C14H18ClNO4S. The van der Waals surface area contributed by atoms with Gasteiger partial charge in [0.1, 0.15) is 0 Å². The third kappa shape index (κ3) is 4.98. The molecule has 0 saturated heterocycles. The number of carbonyl (C=O) groups is 1. The highest BCUT2D eigenvalue weighted by molar-refractivity contribution is 7.91. The number of hydrogen-bond donors (Lipinski definition) is 1. The van der Waals surface area contributed by atoms with Crippen molar-refractivity contribution in [3.63, 3.8) is 0 Å². The molecule has 0 unspecified atom stereocenters. The van der Waals surface area contributed by atoms with Crippen molar-refractivity contribution in [2.45, 2.75) is 30.2 Å². The maximum Gasteiger partial charge on any atom is 0.304 e. The first-order chi connectivity index (χ1) is 9.88. The van der Waals surface area contributed by atoms with Gasteiger partial charge in [-0.1, -0.05) is 11.6 Å². The van der Waals surface area contributed by atoms with Crippen LogP contribution >= 0.6 is 11.6 Å². The van der Waals surface area contributed by atoms with Crippen LogP contribution in [0.5, 0.6) is 0 Å². The van der Waals surface area contributed by atoms with E-state index in [0.29, 0.717) is 24.2 Å². The van der Waals surface area contributed by atoms with Crippen LogP contribution in [0.15, 0.2) is 29.2 Å². The van der Waals surface area contributed by atoms with Crippen LogP contribution < -0.4 is 0 Å². The number of hydrogen-bond acceptors (Lipinski definition) is 4. The molecule has 21 heavy (non-hydrogen) atoms.